The molecule has 0 radical (unpaired) electrons. The standard InChI is InChI=1S/C14H21N3O3/c1-14(2,3)17(15-12(18)16(4)5)13(19)20-11-9-7-6-8-10-11/h6-10H,1-5H3,(H,15,18). The summed E-state index contributed by atoms with van der Waals surface area (Å²) in [5, 5.41) is 1.17. The number of nitrogens with one attached hydrogen (secondary N) is 1. The molecule has 20 heavy (non-hydrogen) atoms. The van der Waals surface area contributed by atoms with Gasteiger partial charge in [-0.2, -0.15) is 0 Å². The second-order valence-corrected chi connectivity index (χ2v) is 5.50. The van der Waals surface area contributed by atoms with Crippen LogP contribution in [0.15, 0.2) is 30.3 Å². The van der Waals surface area contributed by atoms with Crippen molar-refractivity contribution in [1.29, 1.82) is 0 Å². The SMILES string of the molecule is CN(C)C(=O)NN(C(=O)Oc1ccccc1)C(C)(C)C. The summed E-state index contributed by atoms with van der Waals surface area (Å²) in [6.45, 7) is 5.40. The summed E-state index contributed by atoms with van der Waals surface area (Å²) < 4.78 is 5.24. The molecule has 0 atom stereocenters. The second kappa shape index (κ2) is 6.27. The third-order valence-corrected chi connectivity index (χ3v) is 2.42. The van der Waals surface area contributed by atoms with Crippen LogP contribution >= 0.6 is 0 Å². The highest BCUT2D eigenvalue weighted by Gasteiger charge is 2.30. The summed E-state index contributed by atoms with van der Waals surface area (Å²) in [7, 11) is 3.19. The number of hydrogen-bond acceptors (Lipinski definition) is 3. The molecule has 0 aromatic heterocycles. The van der Waals surface area contributed by atoms with Gasteiger partial charge in [0, 0.05) is 14.1 Å². The van der Waals surface area contributed by atoms with E-state index < -0.39 is 17.7 Å². The molecule has 1 rings (SSSR count). The summed E-state index contributed by atoms with van der Waals surface area (Å²) in [6.07, 6.45) is -0.640. The van der Waals surface area contributed by atoms with Gasteiger partial charge in [0.05, 0.1) is 5.54 Å². The number of carbonyl (C=O) groups excluding carboxylic acids is 2. The summed E-state index contributed by atoms with van der Waals surface area (Å²) in [4.78, 5) is 25.3. The van der Waals surface area contributed by atoms with Crippen LogP contribution in [0.3, 0.4) is 0 Å². The molecule has 3 amide bonds. The molecule has 1 N–H and O–H groups in total. The third-order valence-electron chi connectivity index (χ3n) is 2.42. The molecular weight excluding hydrogens is 258 g/mol. The molecule has 1 aromatic carbocycles. The van der Waals surface area contributed by atoms with E-state index in [1.54, 1.807) is 59.1 Å². The Hall–Kier alpha value is -2.24. The highest BCUT2D eigenvalue weighted by molar-refractivity contribution is 5.78. The van der Waals surface area contributed by atoms with E-state index in [1.807, 2.05) is 6.07 Å². The van der Waals surface area contributed by atoms with Gasteiger partial charge >= 0.3 is 12.1 Å². The number of nitrogens with zero attached hydrogens (tertiary/aromatic N) is 2. The Labute approximate surface area is 119 Å². The van der Waals surface area contributed by atoms with E-state index >= 15 is 0 Å². The predicted molar refractivity (Wildman–Crippen MR) is 76.3 cm³/mol. The molecule has 0 saturated heterocycles. The smallest absolute Gasteiger partial charge is 0.409 e. The zero-order valence-electron chi connectivity index (χ0n) is 12.5. The number of amides is 3. The molecule has 0 unspecified atom stereocenters. The van der Waals surface area contributed by atoms with Crippen LogP contribution in [-0.2, 0) is 0 Å². The van der Waals surface area contributed by atoms with E-state index in [9.17, 15) is 9.59 Å². The first-order chi connectivity index (χ1) is 9.21. The van der Waals surface area contributed by atoms with Crippen molar-refractivity contribution in [2.24, 2.45) is 0 Å². The van der Waals surface area contributed by atoms with E-state index in [1.165, 1.54) is 9.91 Å². The Kier molecular flexibility index (Phi) is 4.96. The molecule has 0 saturated carbocycles. The quantitative estimate of drug-likeness (QED) is 0.803. The van der Waals surface area contributed by atoms with Crippen molar-refractivity contribution in [3.8, 4) is 5.75 Å². The minimum absolute atomic E-state index is 0.398. The van der Waals surface area contributed by atoms with E-state index in [4.69, 9.17) is 4.74 Å². The number of ether oxygens (including phenoxy) is 1. The normalized spacial score (nSPS) is 10.7. The molecule has 0 aliphatic heterocycles. The van der Waals surface area contributed by atoms with Gasteiger partial charge in [-0.05, 0) is 32.9 Å². The number of urea groups is 1. The van der Waals surface area contributed by atoms with Crippen LogP contribution in [0, 0.1) is 0 Å². The zero-order valence-corrected chi connectivity index (χ0v) is 12.5. The van der Waals surface area contributed by atoms with Crippen molar-refractivity contribution in [3.05, 3.63) is 30.3 Å². The van der Waals surface area contributed by atoms with Crippen LogP contribution in [0.2, 0.25) is 0 Å². The van der Waals surface area contributed by atoms with Gasteiger partial charge in [0.1, 0.15) is 5.75 Å². The molecule has 0 fully saturated rings. The first kappa shape index (κ1) is 15.8. The summed E-state index contributed by atoms with van der Waals surface area (Å²) >= 11 is 0. The van der Waals surface area contributed by atoms with Gasteiger partial charge in [-0.25, -0.2) is 20.0 Å². The van der Waals surface area contributed by atoms with Gasteiger partial charge in [-0.3, -0.25) is 0 Å². The Balaban J connectivity index is 2.83. The number of carbonyl (C=O) groups is 2. The first-order valence-corrected chi connectivity index (χ1v) is 6.27. The van der Waals surface area contributed by atoms with Gasteiger partial charge in [-0.15, -0.1) is 0 Å². The van der Waals surface area contributed by atoms with E-state index in [2.05, 4.69) is 5.43 Å². The summed E-state index contributed by atoms with van der Waals surface area (Å²) in [6, 6.07) is 8.31. The minimum Gasteiger partial charge on any atom is -0.409 e. The second-order valence-electron chi connectivity index (χ2n) is 5.50. The maximum atomic E-state index is 12.2. The van der Waals surface area contributed by atoms with Gasteiger partial charge in [-0.1, -0.05) is 18.2 Å². The lowest BCUT2D eigenvalue weighted by atomic mass is 10.1. The molecule has 0 aliphatic carbocycles. The molecule has 1 aromatic rings. The lowest BCUT2D eigenvalue weighted by molar-refractivity contribution is 0.0730. The topological polar surface area (TPSA) is 61.9 Å². The average molecular weight is 279 g/mol. The average Bonchev–Trinajstić information content (AvgIpc) is 2.35. The number of benzene rings is 1. The molecule has 6 nitrogen and oxygen atoms in total. The van der Waals surface area contributed by atoms with Crippen molar-refractivity contribution >= 4 is 12.1 Å². The van der Waals surface area contributed by atoms with Crippen molar-refractivity contribution in [1.82, 2.24) is 15.3 Å². The van der Waals surface area contributed by atoms with Gasteiger partial charge in [0.2, 0.25) is 0 Å². The van der Waals surface area contributed by atoms with Gasteiger partial charge < -0.3 is 9.64 Å². The molecule has 0 aliphatic rings. The highest BCUT2D eigenvalue weighted by atomic mass is 16.6. The number of rotatable bonds is 1. The third kappa shape index (κ3) is 4.46. The highest BCUT2D eigenvalue weighted by Crippen LogP contribution is 2.15. The van der Waals surface area contributed by atoms with E-state index in [-0.39, 0.29) is 0 Å². The fraction of sp³-hybridized carbons (Fsp3) is 0.429. The predicted octanol–water partition coefficient (Wildman–Crippen LogP) is 2.47. The van der Waals surface area contributed by atoms with E-state index in [0.717, 1.165) is 0 Å². The lowest BCUT2D eigenvalue weighted by Crippen LogP contribution is -2.58. The van der Waals surface area contributed by atoms with Crippen molar-refractivity contribution in [3.63, 3.8) is 0 Å². The van der Waals surface area contributed by atoms with Crippen LogP contribution in [0.4, 0.5) is 9.59 Å². The van der Waals surface area contributed by atoms with E-state index in [0.29, 0.717) is 5.75 Å². The largest absolute Gasteiger partial charge is 0.434 e. The molecule has 0 bridgehead atoms. The Bertz CT molecular complexity index is 466. The van der Waals surface area contributed by atoms with Crippen LogP contribution in [0.1, 0.15) is 20.8 Å². The molecule has 0 heterocycles. The maximum absolute atomic E-state index is 12.2. The van der Waals surface area contributed by atoms with Crippen LogP contribution in [0.5, 0.6) is 5.75 Å². The van der Waals surface area contributed by atoms with Crippen LogP contribution in [0.25, 0.3) is 0 Å². The Morgan fingerprint density at radius 3 is 2.10 bits per heavy atom. The molecule has 6 heteroatoms. The maximum Gasteiger partial charge on any atom is 0.434 e. The number of para-hydroxylation sites is 1. The number of hydrogen-bond donors (Lipinski definition) is 1. The number of hydrazine groups is 1. The first-order valence-electron chi connectivity index (χ1n) is 6.27. The molecular formula is C14H21N3O3. The lowest BCUT2D eigenvalue weighted by Gasteiger charge is -2.34. The fourth-order valence-corrected chi connectivity index (χ4v) is 1.32. The Morgan fingerprint density at radius 2 is 1.65 bits per heavy atom. The minimum atomic E-state index is -0.640. The van der Waals surface area contributed by atoms with Crippen molar-refractivity contribution in [2.75, 3.05) is 14.1 Å². The van der Waals surface area contributed by atoms with Crippen LogP contribution < -0.4 is 10.2 Å². The van der Waals surface area contributed by atoms with Gasteiger partial charge in [0.25, 0.3) is 0 Å². The van der Waals surface area contributed by atoms with Gasteiger partial charge in [0.15, 0.2) is 0 Å². The molecule has 110 valence electrons. The fourth-order valence-electron chi connectivity index (χ4n) is 1.32. The zero-order chi connectivity index (χ0) is 15.3. The monoisotopic (exact) mass is 279 g/mol. The Morgan fingerprint density at radius 1 is 1.10 bits per heavy atom. The summed E-state index contributed by atoms with van der Waals surface area (Å²) in [5.74, 6) is 0.422. The van der Waals surface area contributed by atoms with Crippen LogP contribution in [-0.4, -0.2) is 41.7 Å². The molecule has 0 spiro atoms. The van der Waals surface area contributed by atoms with Crippen molar-refractivity contribution in [2.45, 2.75) is 26.3 Å². The summed E-state index contributed by atoms with van der Waals surface area (Å²) in [5.41, 5.74) is 1.91. The van der Waals surface area contributed by atoms with Crippen molar-refractivity contribution < 1.29 is 14.3 Å².